The van der Waals surface area contributed by atoms with Gasteiger partial charge in [0, 0.05) is 32.7 Å². The van der Waals surface area contributed by atoms with Gasteiger partial charge >= 0.3 is 6.03 Å². The lowest BCUT2D eigenvalue weighted by Gasteiger charge is -2.42. The van der Waals surface area contributed by atoms with Crippen LogP contribution in [0.2, 0.25) is 0 Å². The van der Waals surface area contributed by atoms with Crippen LogP contribution in [0.15, 0.2) is 30.3 Å². The predicted molar refractivity (Wildman–Crippen MR) is 128 cm³/mol. The molecule has 2 heterocycles. The number of benzene rings is 1. The smallest absolute Gasteiger partial charge is 0.321 e. The minimum Gasteiger partial charge on any atom is -0.339 e. The molecule has 4 rings (SSSR count). The van der Waals surface area contributed by atoms with Crippen molar-refractivity contribution in [1.82, 2.24) is 19.6 Å². The number of sulfone groups is 1. The molecular weight excluding hydrogens is 440 g/mol. The van der Waals surface area contributed by atoms with Crippen LogP contribution in [0.1, 0.15) is 24.8 Å². The summed E-state index contributed by atoms with van der Waals surface area (Å²) in [7, 11) is 0.996. The van der Waals surface area contributed by atoms with Gasteiger partial charge in [0.2, 0.25) is 5.91 Å². The van der Waals surface area contributed by atoms with Gasteiger partial charge in [0.15, 0.2) is 9.84 Å². The fraction of sp³-hybridized carbons (Fsp3) is 0.667. The van der Waals surface area contributed by atoms with Crippen LogP contribution in [-0.2, 0) is 21.1 Å². The van der Waals surface area contributed by atoms with Crippen molar-refractivity contribution >= 4 is 21.8 Å². The lowest BCUT2D eigenvalue weighted by molar-refractivity contribution is -0.131. The number of likely N-dealkylation sites (N-methyl/N-ethyl adjacent to an activating group) is 1. The molecule has 1 aromatic carbocycles. The molecule has 3 aliphatic rings. The maximum atomic E-state index is 13.7. The third kappa shape index (κ3) is 5.51. The summed E-state index contributed by atoms with van der Waals surface area (Å²) in [6.07, 6.45) is 4.24. The van der Waals surface area contributed by atoms with E-state index in [2.05, 4.69) is 17.0 Å². The molecule has 0 bridgehead atoms. The molecule has 33 heavy (non-hydrogen) atoms. The molecule has 0 N–H and O–H groups in total. The summed E-state index contributed by atoms with van der Waals surface area (Å²) in [5.41, 5.74) is 0.767. The van der Waals surface area contributed by atoms with E-state index in [0.717, 1.165) is 25.8 Å². The number of hydrogen-bond acceptors (Lipinski definition) is 5. The topological polar surface area (TPSA) is 81.2 Å². The van der Waals surface area contributed by atoms with E-state index in [1.807, 2.05) is 37.2 Å². The van der Waals surface area contributed by atoms with Gasteiger partial charge in [0.25, 0.3) is 0 Å². The van der Waals surface area contributed by atoms with Gasteiger partial charge in [-0.1, -0.05) is 36.8 Å². The molecule has 182 valence electrons. The second-order valence-corrected chi connectivity index (χ2v) is 12.5. The molecule has 1 aromatic rings. The Kier molecular flexibility index (Phi) is 7.00. The Morgan fingerprint density at radius 1 is 1.12 bits per heavy atom. The first-order valence-electron chi connectivity index (χ1n) is 11.9. The van der Waals surface area contributed by atoms with Crippen LogP contribution >= 0.6 is 0 Å². The molecule has 1 atom stereocenters. The molecule has 0 aromatic heterocycles. The molecule has 8 nitrogen and oxygen atoms in total. The number of carbonyl (C=O) groups excluding carboxylic acids is 2. The highest BCUT2D eigenvalue weighted by molar-refractivity contribution is 7.91. The Hall–Kier alpha value is -2.13. The molecule has 9 heteroatoms. The van der Waals surface area contributed by atoms with Crippen LogP contribution in [-0.4, -0.2) is 110 Å². The molecule has 0 radical (unpaired) electrons. The molecule has 2 saturated heterocycles. The zero-order chi connectivity index (χ0) is 23.6. The van der Waals surface area contributed by atoms with E-state index in [1.54, 1.807) is 9.80 Å². The highest BCUT2D eigenvalue weighted by Crippen LogP contribution is 2.36. The quantitative estimate of drug-likeness (QED) is 0.565. The Balaban J connectivity index is 1.56. The first-order valence-corrected chi connectivity index (χ1v) is 13.7. The van der Waals surface area contributed by atoms with Gasteiger partial charge in [-0.2, -0.15) is 0 Å². The summed E-state index contributed by atoms with van der Waals surface area (Å²) in [6.45, 7) is 2.36. The summed E-state index contributed by atoms with van der Waals surface area (Å²) >= 11 is 0. The number of nitrogens with zero attached hydrogens (tertiary/aromatic N) is 4. The van der Waals surface area contributed by atoms with Crippen LogP contribution in [0.4, 0.5) is 4.79 Å². The normalized spacial score (nSPS) is 25.5. The van der Waals surface area contributed by atoms with Gasteiger partial charge in [-0.25, -0.2) is 13.2 Å². The van der Waals surface area contributed by atoms with Crippen LogP contribution in [0, 0.1) is 5.92 Å². The number of amides is 3. The van der Waals surface area contributed by atoms with Crippen molar-refractivity contribution in [3.05, 3.63) is 35.9 Å². The molecular formula is C24H36N4O4S. The lowest BCUT2D eigenvalue weighted by Crippen LogP contribution is -2.56. The van der Waals surface area contributed by atoms with Gasteiger partial charge in [-0.05, 0) is 44.8 Å². The van der Waals surface area contributed by atoms with Gasteiger partial charge in [0.05, 0.1) is 17.0 Å². The number of urea groups is 1. The lowest BCUT2D eigenvalue weighted by atomic mass is 9.82. The third-order valence-electron chi connectivity index (χ3n) is 7.23. The van der Waals surface area contributed by atoms with E-state index in [-0.39, 0.29) is 43.1 Å². The van der Waals surface area contributed by atoms with E-state index in [1.165, 1.54) is 12.0 Å². The molecule has 3 fully saturated rings. The Morgan fingerprint density at radius 3 is 2.36 bits per heavy atom. The predicted octanol–water partition coefficient (Wildman–Crippen LogP) is 1.32. The number of carbonyl (C=O) groups is 2. The SMILES string of the molecule is CN(C)C[C@@]1(Cc2ccccc2)CN(CC(=O)N2CCS(=O)(=O)CC2)C(=O)N1CC1CCC1. The van der Waals surface area contributed by atoms with Crippen molar-refractivity contribution in [3.63, 3.8) is 0 Å². The number of hydrogen-bond donors (Lipinski definition) is 0. The van der Waals surface area contributed by atoms with E-state index in [4.69, 9.17) is 0 Å². The first kappa shape index (κ1) is 24.0. The summed E-state index contributed by atoms with van der Waals surface area (Å²) in [5.74, 6) is 0.356. The zero-order valence-electron chi connectivity index (χ0n) is 19.8. The van der Waals surface area contributed by atoms with Crippen molar-refractivity contribution in [2.24, 2.45) is 5.92 Å². The molecule has 1 saturated carbocycles. The fourth-order valence-electron chi connectivity index (χ4n) is 5.34. The Bertz CT molecular complexity index is 950. The Morgan fingerprint density at radius 2 is 1.79 bits per heavy atom. The standard InChI is InChI=1S/C24H36N4O4S/c1-25(2)18-24(15-20-7-4-3-5-8-20)19-27(23(30)28(24)16-21-9-6-10-21)17-22(29)26-11-13-33(31,32)14-12-26/h3-5,7-8,21H,6,9-19H2,1-2H3/t24-/m0/s1. The maximum absolute atomic E-state index is 13.7. The van der Waals surface area contributed by atoms with Crippen molar-refractivity contribution in [2.45, 2.75) is 31.2 Å². The summed E-state index contributed by atoms with van der Waals surface area (Å²) in [4.78, 5) is 34.1. The van der Waals surface area contributed by atoms with E-state index in [9.17, 15) is 18.0 Å². The third-order valence-corrected chi connectivity index (χ3v) is 8.84. The summed E-state index contributed by atoms with van der Waals surface area (Å²) in [5, 5.41) is 0. The summed E-state index contributed by atoms with van der Waals surface area (Å²) < 4.78 is 23.5. The molecule has 2 aliphatic heterocycles. The number of rotatable bonds is 8. The van der Waals surface area contributed by atoms with Crippen molar-refractivity contribution < 1.29 is 18.0 Å². The maximum Gasteiger partial charge on any atom is 0.321 e. The average molecular weight is 477 g/mol. The van der Waals surface area contributed by atoms with Crippen LogP contribution < -0.4 is 0 Å². The Labute approximate surface area is 197 Å². The second kappa shape index (κ2) is 9.62. The summed E-state index contributed by atoms with van der Waals surface area (Å²) in [6, 6.07) is 10.2. The second-order valence-electron chi connectivity index (χ2n) is 10.2. The van der Waals surface area contributed by atoms with Crippen LogP contribution in [0.3, 0.4) is 0 Å². The van der Waals surface area contributed by atoms with Crippen LogP contribution in [0.25, 0.3) is 0 Å². The minimum absolute atomic E-state index is 0.000927. The van der Waals surface area contributed by atoms with E-state index in [0.29, 0.717) is 19.0 Å². The minimum atomic E-state index is -3.06. The highest BCUT2D eigenvalue weighted by atomic mass is 32.2. The fourth-order valence-corrected chi connectivity index (χ4v) is 6.54. The van der Waals surface area contributed by atoms with Crippen molar-refractivity contribution in [3.8, 4) is 0 Å². The largest absolute Gasteiger partial charge is 0.339 e. The molecule has 1 aliphatic carbocycles. The van der Waals surface area contributed by atoms with E-state index >= 15 is 0 Å². The van der Waals surface area contributed by atoms with Gasteiger partial charge < -0.3 is 19.6 Å². The highest BCUT2D eigenvalue weighted by Gasteiger charge is 2.51. The zero-order valence-corrected chi connectivity index (χ0v) is 20.6. The van der Waals surface area contributed by atoms with E-state index < -0.39 is 15.4 Å². The monoisotopic (exact) mass is 476 g/mol. The molecule has 3 amide bonds. The van der Waals surface area contributed by atoms with Crippen LogP contribution in [0.5, 0.6) is 0 Å². The van der Waals surface area contributed by atoms with Gasteiger partial charge in [-0.15, -0.1) is 0 Å². The van der Waals surface area contributed by atoms with Crippen molar-refractivity contribution in [2.75, 3.05) is 64.9 Å². The average Bonchev–Trinajstić information content (AvgIpc) is 2.95. The van der Waals surface area contributed by atoms with Gasteiger partial charge in [0.1, 0.15) is 6.54 Å². The molecule has 0 unspecified atom stereocenters. The van der Waals surface area contributed by atoms with Crippen molar-refractivity contribution in [1.29, 1.82) is 0 Å². The molecule has 0 spiro atoms. The van der Waals surface area contributed by atoms with Gasteiger partial charge in [-0.3, -0.25) is 4.79 Å². The first-order chi connectivity index (χ1) is 15.7.